The number of ether oxygens (including phenoxy) is 4. The number of nitriles is 2. The zero-order valence-electron chi connectivity index (χ0n) is 14.0. The van der Waals surface area contributed by atoms with E-state index in [4.69, 9.17) is 42.6 Å². The van der Waals surface area contributed by atoms with Crippen molar-refractivity contribution < 1.29 is 18.9 Å². The highest BCUT2D eigenvalue weighted by Crippen LogP contribution is 2.31. The normalized spacial score (nSPS) is 9.33. The molecule has 0 bridgehead atoms. The van der Waals surface area contributed by atoms with Crippen LogP contribution in [0.1, 0.15) is 11.1 Å². The number of rotatable bonds is 8. The van der Waals surface area contributed by atoms with Gasteiger partial charge in [0, 0.05) is 0 Å². The van der Waals surface area contributed by atoms with Gasteiger partial charge in [-0.2, -0.15) is 10.5 Å². The van der Waals surface area contributed by atoms with Crippen molar-refractivity contribution in [1.29, 1.82) is 10.5 Å². The molecular weight excluding hydrogens is 348 g/mol. The summed E-state index contributed by atoms with van der Waals surface area (Å²) in [7, 11) is 0. The first kappa shape index (κ1) is 19.2. The average molecular weight is 360 g/mol. The van der Waals surface area contributed by atoms with E-state index >= 15 is 0 Å². The third-order valence-corrected chi connectivity index (χ3v) is 3.20. The summed E-state index contributed by atoms with van der Waals surface area (Å²) < 4.78 is 20.9. The Morgan fingerprint density at radius 3 is 1.93 bits per heavy atom. The van der Waals surface area contributed by atoms with Crippen LogP contribution in [0.4, 0.5) is 11.4 Å². The van der Waals surface area contributed by atoms with Crippen LogP contribution in [0.2, 0.25) is 0 Å². The lowest BCUT2D eigenvalue weighted by Gasteiger charge is -2.10. The van der Waals surface area contributed by atoms with Crippen LogP contribution in [-0.2, 0) is 9.47 Å². The molecular formula is C19H12N4O4. The SMILES string of the molecule is [C-]#[N+]c1ccc(OCOCOCOc2ccc(C#N)c(C#N)c2)cc1[N+]#[C-]. The molecule has 0 amide bonds. The summed E-state index contributed by atoms with van der Waals surface area (Å²) in [5, 5.41) is 17.8. The fourth-order valence-electron chi connectivity index (χ4n) is 1.93. The third kappa shape index (κ3) is 5.46. The van der Waals surface area contributed by atoms with Crippen molar-refractivity contribution in [3.05, 3.63) is 70.4 Å². The molecule has 0 unspecified atom stereocenters. The number of benzene rings is 2. The Balaban J connectivity index is 1.69. The van der Waals surface area contributed by atoms with Crippen molar-refractivity contribution in [1.82, 2.24) is 0 Å². The molecule has 132 valence electrons. The standard InChI is InChI=1S/C19H12N4O4/c1-22-18-6-5-17(8-19(18)23-2)27-13-25-11-24-12-26-16-4-3-14(9-20)15(7-16)10-21/h3-8H,11-13H2. The van der Waals surface area contributed by atoms with Crippen molar-refractivity contribution >= 4 is 11.4 Å². The van der Waals surface area contributed by atoms with E-state index in [0.29, 0.717) is 11.5 Å². The monoisotopic (exact) mass is 360 g/mol. The minimum absolute atomic E-state index is 0.100. The largest absolute Gasteiger partial charge is 0.469 e. The number of nitrogens with zero attached hydrogens (tertiary/aromatic N) is 4. The van der Waals surface area contributed by atoms with E-state index in [1.807, 2.05) is 12.1 Å². The molecule has 2 aromatic rings. The van der Waals surface area contributed by atoms with Gasteiger partial charge in [0.1, 0.15) is 23.6 Å². The zero-order valence-corrected chi connectivity index (χ0v) is 14.0. The molecule has 0 saturated heterocycles. The minimum Gasteiger partial charge on any atom is -0.469 e. The van der Waals surface area contributed by atoms with Gasteiger partial charge in [-0.1, -0.05) is 6.07 Å². The number of hydrogen-bond donors (Lipinski definition) is 0. The molecule has 0 aliphatic carbocycles. The van der Waals surface area contributed by atoms with Crippen molar-refractivity contribution in [2.45, 2.75) is 0 Å². The molecule has 0 atom stereocenters. The smallest absolute Gasteiger partial charge is 0.198 e. The molecule has 8 nitrogen and oxygen atoms in total. The lowest BCUT2D eigenvalue weighted by molar-refractivity contribution is -0.130. The topological polar surface area (TPSA) is 93.2 Å². The van der Waals surface area contributed by atoms with E-state index in [1.54, 1.807) is 12.1 Å². The van der Waals surface area contributed by atoms with E-state index in [9.17, 15) is 0 Å². The summed E-state index contributed by atoms with van der Waals surface area (Å²) >= 11 is 0. The second kappa shape index (κ2) is 10.0. The van der Waals surface area contributed by atoms with Crippen LogP contribution in [0.5, 0.6) is 11.5 Å². The lowest BCUT2D eigenvalue weighted by Crippen LogP contribution is -2.10. The predicted octanol–water partition coefficient (Wildman–Crippen LogP) is 3.90. The fourth-order valence-corrected chi connectivity index (χ4v) is 1.93. The second-order valence-corrected chi connectivity index (χ2v) is 4.86. The Kier molecular flexibility index (Phi) is 7.15. The van der Waals surface area contributed by atoms with Gasteiger partial charge in [-0.15, -0.1) is 0 Å². The maximum atomic E-state index is 8.95. The first-order valence-electron chi connectivity index (χ1n) is 7.46. The molecule has 0 spiro atoms. The predicted molar refractivity (Wildman–Crippen MR) is 92.9 cm³/mol. The highest BCUT2D eigenvalue weighted by Gasteiger charge is 2.05. The fraction of sp³-hybridized carbons (Fsp3) is 0.158. The first-order valence-corrected chi connectivity index (χ1v) is 7.46. The molecule has 0 aliphatic heterocycles. The third-order valence-electron chi connectivity index (χ3n) is 3.20. The van der Waals surface area contributed by atoms with Gasteiger partial charge in [0.05, 0.1) is 24.3 Å². The Hall–Kier alpha value is -4.08. The van der Waals surface area contributed by atoms with Gasteiger partial charge < -0.3 is 18.9 Å². The molecule has 8 heteroatoms. The van der Waals surface area contributed by atoms with E-state index in [0.717, 1.165) is 0 Å². The van der Waals surface area contributed by atoms with E-state index < -0.39 is 0 Å². The Bertz CT molecular complexity index is 898. The van der Waals surface area contributed by atoms with E-state index in [1.165, 1.54) is 24.3 Å². The average Bonchev–Trinajstić information content (AvgIpc) is 2.72. The molecule has 0 heterocycles. The van der Waals surface area contributed by atoms with Gasteiger partial charge >= 0.3 is 0 Å². The molecule has 2 aromatic carbocycles. The molecule has 2 rings (SSSR count). The van der Waals surface area contributed by atoms with Crippen molar-refractivity contribution in [2.24, 2.45) is 0 Å². The quantitative estimate of drug-likeness (QED) is 0.403. The van der Waals surface area contributed by atoms with Crippen LogP contribution in [0, 0.1) is 35.8 Å². The molecule has 0 radical (unpaired) electrons. The van der Waals surface area contributed by atoms with Crippen molar-refractivity contribution in [3.63, 3.8) is 0 Å². The summed E-state index contributed by atoms with van der Waals surface area (Å²) in [6, 6.07) is 12.9. The maximum absolute atomic E-state index is 8.95. The highest BCUT2D eigenvalue weighted by atomic mass is 16.8. The highest BCUT2D eigenvalue weighted by molar-refractivity contribution is 5.72. The van der Waals surface area contributed by atoms with Crippen LogP contribution in [-0.4, -0.2) is 20.4 Å². The lowest BCUT2D eigenvalue weighted by atomic mass is 10.1. The van der Waals surface area contributed by atoms with Crippen LogP contribution >= 0.6 is 0 Å². The molecule has 0 N–H and O–H groups in total. The molecule has 0 fully saturated rings. The first-order chi connectivity index (χ1) is 13.2. The molecule has 0 aliphatic rings. The summed E-state index contributed by atoms with van der Waals surface area (Å²) in [5.74, 6) is 0.805. The Labute approximate surface area is 155 Å². The summed E-state index contributed by atoms with van der Waals surface area (Å²) in [5.41, 5.74) is 0.979. The van der Waals surface area contributed by atoms with Crippen LogP contribution < -0.4 is 9.47 Å². The summed E-state index contributed by atoms with van der Waals surface area (Å²) in [6.45, 7) is 13.7. The molecule has 0 saturated carbocycles. The Morgan fingerprint density at radius 2 is 1.33 bits per heavy atom. The van der Waals surface area contributed by atoms with Gasteiger partial charge in [-0.25, -0.2) is 4.85 Å². The van der Waals surface area contributed by atoms with Gasteiger partial charge in [-0.05, 0) is 30.3 Å². The number of hydrogen-bond acceptors (Lipinski definition) is 6. The van der Waals surface area contributed by atoms with Crippen molar-refractivity contribution in [2.75, 3.05) is 20.4 Å². The Morgan fingerprint density at radius 1 is 0.741 bits per heavy atom. The zero-order chi connectivity index (χ0) is 19.5. The van der Waals surface area contributed by atoms with Gasteiger partial charge in [0.2, 0.25) is 0 Å². The van der Waals surface area contributed by atoms with E-state index in [-0.39, 0.29) is 42.9 Å². The maximum Gasteiger partial charge on any atom is 0.198 e. The van der Waals surface area contributed by atoms with Gasteiger partial charge in [-0.3, -0.25) is 4.85 Å². The van der Waals surface area contributed by atoms with Crippen LogP contribution in [0.25, 0.3) is 9.69 Å². The molecule has 27 heavy (non-hydrogen) atoms. The van der Waals surface area contributed by atoms with E-state index in [2.05, 4.69) is 9.69 Å². The summed E-state index contributed by atoms with van der Waals surface area (Å²) in [4.78, 5) is 6.50. The van der Waals surface area contributed by atoms with Gasteiger partial charge in [0.25, 0.3) is 0 Å². The van der Waals surface area contributed by atoms with Crippen LogP contribution in [0.15, 0.2) is 36.4 Å². The second-order valence-electron chi connectivity index (χ2n) is 4.86. The van der Waals surface area contributed by atoms with Crippen LogP contribution in [0.3, 0.4) is 0 Å². The van der Waals surface area contributed by atoms with Gasteiger partial charge in [0.15, 0.2) is 31.8 Å². The molecule has 0 aromatic heterocycles. The van der Waals surface area contributed by atoms with Crippen molar-refractivity contribution in [3.8, 4) is 23.6 Å². The summed E-state index contributed by atoms with van der Waals surface area (Å²) in [6.07, 6.45) is 0. The minimum atomic E-state index is -0.113.